The summed E-state index contributed by atoms with van der Waals surface area (Å²) in [5.74, 6) is 2.16. The van der Waals surface area contributed by atoms with E-state index in [1.807, 2.05) is 14.0 Å². The van der Waals surface area contributed by atoms with Gasteiger partial charge in [-0.2, -0.15) is 10.1 Å². The first kappa shape index (κ1) is 27.9. The number of fused-ring (bicyclic) bond motifs is 7. The Morgan fingerprint density at radius 1 is 1.05 bits per heavy atom. The molecule has 2 aromatic heterocycles. The molecule has 1 aromatic carbocycles. The van der Waals surface area contributed by atoms with Gasteiger partial charge in [-0.3, -0.25) is 9.78 Å². The highest BCUT2D eigenvalue weighted by molar-refractivity contribution is 6.19. The van der Waals surface area contributed by atoms with Gasteiger partial charge in [-0.15, -0.1) is 0 Å². The van der Waals surface area contributed by atoms with Gasteiger partial charge in [-0.1, -0.05) is 6.42 Å². The van der Waals surface area contributed by atoms with E-state index in [1.54, 1.807) is 23.0 Å². The summed E-state index contributed by atoms with van der Waals surface area (Å²) in [5.41, 5.74) is 5.83. The van der Waals surface area contributed by atoms with Crippen LogP contribution in [0.1, 0.15) is 61.0 Å². The molecule has 0 spiro atoms. The molecule has 1 saturated heterocycles. The number of carbonyl (C=O) groups excluding carboxylic acids is 1. The van der Waals surface area contributed by atoms with Gasteiger partial charge < -0.3 is 25.2 Å². The number of carbonyl (C=O) groups is 1. The number of piperidine rings is 1. The van der Waals surface area contributed by atoms with Crippen LogP contribution in [0.5, 0.6) is 5.88 Å². The Bertz CT molecular complexity index is 1520. The molecule has 7 rings (SSSR count). The molecule has 10 nitrogen and oxygen atoms in total. The molecule has 1 atom stereocenters. The molecule has 2 fully saturated rings. The van der Waals surface area contributed by atoms with Crippen molar-refractivity contribution in [3.63, 3.8) is 0 Å². The summed E-state index contributed by atoms with van der Waals surface area (Å²) in [5, 5.41) is 11.6. The highest BCUT2D eigenvalue weighted by Crippen LogP contribution is 2.43. The van der Waals surface area contributed by atoms with E-state index in [1.165, 1.54) is 45.2 Å². The van der Waals surface area contributed by atoms with Crippen molar-refractivity contribution >= 4 is 28.9 Å². The molecule has 2 bridgehead atoms. The molecule has 43 heavy (non-hydrogen) atoms. The monoisotopic (exact) mass is 582 g/mol. The maximum absolute atomic E-state index is 13.7. The second-order valence-corrected chi connectivity index (χ2v) is 12.5. The standard InChI is InChI=1S/C33H42N8O2/c1-22-17-25-18-28(36-22)27-20-35-39(2)32(27)43-16-6-7-24(23-8-9-23)21-41-30-11-10-26(19-29(30)37-33(41)38-31(25)42)34-12-15-40-13-4-3-5-14-40/h10-11,17-20,23-24,34H,3-9,12-16,21H2,1-2H3,(H,37,38,42). The Morgan fingerprint density at radius 2 is 1.91 bits per heavy atom. The van der Waals surface area contributed by atoms with Crippen molar-refractivity contribution in [1.82, 2.24) is 19.7 Å². The highest BCUT2D eigenvalue weighted by Gasteiger charge is 2.36. The van der Waals surface area contributed by atoms with Crippen LogP contribution in [-0.2, 0) is 7.05 Å². The predicted octanol–water partition coefficient (Wildman–Crippen LogP) is 5.32. The Labute approximate surface area is 253 Å². The molecule has 10 heteroatoms. The number of hydrogen-bond donors (Lipinski definition) is 2. The van der Waals surface area contributed by atoms with Crippen molar-refractivity contribution in [3.8, 4) is 17.1 Å². The first-order valence-electron chi connectivity index (χ1n) is 15.9. The van der Waals surface area contributed by atoms with E-state index in [4.69, 9.17) is 14.7 Å². The fourth-order valence-electron chi connectivity index (χ4n) is 6.75. The van der Waals surface area contributed by atoms with Gasteiger partial charge >= 0.3 is 0 Å². The zero-order valence-electron chi connectivity index (χ0n) is 25.3. The third-order valence-electron chi connectivity index (χ3n) is 9.23. The molecular weight excluding hydrogens is 540 g/mol. The fraction of sp³-hybridized carbons (Fsp3) is 0.515. The fourth-order valence-corrected chi connectivity index (χ4v) is 6.75. The molecule has 2 N–H and O–H groups in total. The van der Waals surface area contributed by atoms with Gasteiger partial charge in [0.05, 0.1) is 35.4 Å². The summed E-state index contributed by atoms with van der Waals surface area (Å²) in [6.07, 6.45) is 10.2. The molecule has 4 aliphatic rings. The number of aliphatic imine (C=N–C) groups is 1. The summed E-state index contributed by atoms with van der Waals surface area (Å²) in [6, 6.07) is 10.1. The number of nitrogens with zero attached hydrogens (tertiary/aromatic N) is 6. The van der Waals surface area contributed by atoms with Crippen LogP contribution < -0.4 is 20.3 Å². The second-order valence-electron chi connectivity index (χ2n) is 12.5. The van der Waals surface area contributed by atoms with Crippen molar-refractivity contribution in [3.05, 3.63) is 47.8 Å². The molecular formula is C33H42N8O2. The molecule has 3 aliphatic heterocycles. The van der Waals surface area contributed by atoms with Crippen LogP contribution in [0.25, 0.3) is 11.3 Å². The Morgan fingerprint density at radius 3 is 2.74 bits per heavy atom. The van der Waals surface area contributed by atoms with E-state index >= 15 is 0 Å². The minimum absolute atomic E-state index is 0.295. The minimum Gasteiger partial charge on any atom is -0.477 e. The van der Waals surface area contributed by atoms with Crippen molar-refractivity contribution in [2.75, 3.05) is 54.9 Å². The maximum atomic E-state index is 13.7. The lowest BCUT2D eigenvalue weighted by Crippen LogP contribution is -2.36. The highest BCUT2D eigenvalue weighted by atomic mass is 16.5. The number of amides is 1. The van der Waals surface area contributed by atoms with Gasteiger partial charge in [0.25, 0.3) is 5.91 Å². The van der Waals surface area contributed by atoms with Gasteiger partial charge in [-0.25, -0.2) is 4.68 Å². The lowest BCUT2D eigenvalue weighted by molar-refractivity contribution is 0.100. The largest absolute Gasteiger partial charge is 0.477 e. The first-order valence-corrected chi connectivity index (χ1v) is 15.9. The third-order valence-corrected chi connectivity index (χ3v) is 9.23. The molecule has 1 saturated carbocycles. The van der Waals surface area contributed by atoms with Crippen LogP contribution in [0.15, 0.2) is 41.5 Å². The molecule has 226 valence electrons. The number of likely N-dealkylation sites (tertiary alicyclic amines) is 1. The van der Waals surface area contributed by atoms with E-state index in [2.05, 4.69) is 43.7 Å². The average Bonchev–Trinajstić information content (AvgIpc) is 3.71. The van der Waals surface area contributed by atoms with E-state index in [-0.39, 0.29) is 5.91 Å². The van der Waals surface area contributed by atoms with Crippen LogP contribution in [0.4, 0.5) is 17.1 Å². The number of pyridine rings is 1. The van der Waals surface area contributed by atoms with Gasteiger partial charge in [0, 0.05) is 43.6 Å². The minimum atomic E-state index is -0.295. The zero-order valence-corrected chi connectivity index (χ0v) is 25.3. The normalized spacial score (nSPS) is 22.2. The molecule has 1 unspecified atom stereocenters. The molecule has 3 aromatic rings. The lowest BCUT2D eigenvalue weighted by atomic mass is 9.97. The predicted molar refractivity (Wildman–Crippen MR) is 170 cm³/mol. The van der Waals surface area contributed by atoms with E-state index in [9.17, 15) is 4.79 Å². The number of aryl methyl sites for hydroxylation is 2. The van der Waals surface area contributed by atoms with Crippen molar-refractivity contribution in [2.24, 2.45) is 23.9 Å². The Balaban J connectivity index is 1.19. The SMILES string of the molecule is Cc1cc2cc(n1)-c1cnn(C)c1OCCCC(C1CC1)CN1/C(=N/C2=O)Nc2cc(NCCN3CCCCC3)ccc21. The van der Waals surface area contributed by atoms with Gasteiger partial charge in [0.2, 0.25) is 11.8 Å². The average molecular weight is 583 g/mol. The first-order chi connectivity index (χ1) is 21.0. The van der Waals surface area contributed by atoms with E-state index in [0.717, 1.165) is 60.8 Å². The molecule has 5 heterocycles. The maximum Gasteiger partial charge on any atom is 0.280 e. The van der Waals surface area contributed by atoms with Gasteiger partial charge in [0.15, 0.2) is 0 Å². The molecule has 0 radical (unpaired) electrons. The van der Waals surface area contributed by atoms with Crippen molar-refractivity contribution < 1.29 is 9.53 Å². The summed E-state index contributed by atoms with van der Waals surface area (Å²) in [4.78, 5) is 27.9. The zero-order chi connectivity index (χ0) is 29.3. The van der Waals surface area contributed by atoms with Crippen LogP contribution >= 0.6 is 0 Å². The topological polar surface area (TPSA) is 99.9 Å². The number of ether oxygens (including phenoxy) is 1. The van der Waals surface area contributed by atoms with Crippen LogP contribution in [0.3, 0.4) is 0 Å². The van der Waals surface area contributed by atoms with E-state index in [0.29, 0.717) is 41.5 Å². The smallest absolute Gasteiger partial charge is 0.280 e. The summed E-state index contributed by atoms with van der Waals surface area (Å²) < 4.78 is 8.03. The number of aromatic nitrogens is 3. The number of benzene rings is 1. The van der Waals surface area contributed by atoms with Gasteiger partial charge in [0.1, 0.15) is 0 Å². The Hall–Kier alpha value is -3.92. The van der Waals surface area contributed by atoms with Crippen LogP contribution in [0.2, 0.25) is 0 Å². The summed E-state index contributed by atoms with van der Waals surface area (Å²) in [7, 11) is 1.88. The van der Waals surface area contributed by atoms with Crippen LogP contribution in [0, 0.1) is 18.8 Å². The second kappa shape index (κ2) is 12.0. The number of guanidine groups is 1. The van der Waals surface area contributed by atoms with Crippen molar-refractivity contribution in [1.29, 1.82) is 0 Å². The number of anilines is 3. The molecule has 1 aliphatic carbocycles. The van der Waals surface area contributed by atoms with Gasteiger partial charge in [-0.05, 0) is 101 Å². The number of hydrogen-bond acceptors (Lipinski definition) is 8. The Kier molecular flexibility index (Phi) is 7.78. The van der Waals surface area contributed by atoms with Crippen LogP contribution in [-0.4, -0.2) is 70.9 Å². The summed E-state index contributed by atoms with van der Waals surface area (Å²) in [6.45, 7) is 7.69. The van der Waals surface area contributed by atoms with Crippen molar-refractivity contribution in [2.45, 2.75) is 51.9 Å². The number of nitrogens with one attached hydrogen (secondary N) is 2. The number of rotatable bonds is 5. The van der Waals surface area contributed by atoms with E-state index < -0.39 is 0 Å². The summed E-state index contributed by atoms with van der Waals surface area (Å²) >= 11 is 0. The third kappa shape index (κ3) is 6.11. The molecule has 1 amide bonds. The quantitative estimate of drug-likeness (QED) is 0.417. The lowest BCUT2D eigenvalue weighted by Gasteiger charge is -2.26.